The summed E-state index contributed by atoms with van der Waals surface area (Å²) in [7, 11) is 0. The first-order valence-corrected chi connectivity index (χ1v) is 6.93. The van der Waals surface area contributed by atoms with E-state index in [1.54, 1.807) is 12.1 Å². The number of benzene rings is 1. The Morgan fingerprint density at radius 3 is 2.00 bits per heavy atom. The number of carbonyl (C=O) groups excluding carboxylic acids is 2. The molecule has 0 spiro atoms. The molecule has 0 aromatic heterocycles. The maximum Gasteiger partial charge on any atom is 0.471 e. The highest BCUT2D eigenvalue weighted by Crippen LogP contribution is 2.20. The van der Waals surface area contributed by atoms with Gasteiger partial charge in [0.05, 0.1) is 0 Å². The number of piperazine rings is 1. The van der Waals surface area contributed by atoms with E-state index in [0.717, 1.165) is 16.0 Å². The summed E-state index contributed by atoms with van der Waals surface area (Å²) in [6.07, 6.45) is -4.86. The van der Waals surface area contributed by atoms with E-state index in [4.69, 9.17) is 0 Å². The van der Waals surface area contributed by atoms with E-state index in [1.165, 1.54) is 4.90 Å². The van der Waals surface area contributed by atoms with E-state index in [2.05, 4.69) is 0 Å². The Hall–Kier alpha value is -2.05. The maximum atomic E-state index is 12.4. The molecule has 0 N–H and O–H groups in total. The third-order valence-electron chi connectivity index (χ3n) is 3.85. The van der Waals surface area contributed by atoms with Crippen molar-refractivity contribution < 1.29 is 22.8 Å². The third-order valence-corrected chi connectivity index (χ3v) is 3.85. The Kier molecular flexibility index (Phi) is 4.44. The van der Waals surface area contributed by atoms with Crippen LogP contribution in [0.1, 0.15) is 21.5 Å². The summed E-state index contributed by atoms with van der Waals surface area (Å²) < 4.78 is 37.1. The van der Waals surface area contributed by atoms with Gasteiger partial charge in [-0.3, -0.25) is 9.59 Å². The van der Waals surface area contributed by atoms with Crippen LogP contribution in [0.4, 0.5) is 13.2 Å². The molecule has 120 valence electrons. The molecule has 2 rings (SSSR count). The number of amides is 2. The second-order valence-electron chi connectivity index (χ2n) is 5.38. The molecule has 0 aliphatic carbocycles. The second kappa shape index (κ2) is 5.98. The highest BCUT2D eigenvalue weighted by molar-refractivity contribution is 5.94. The van der Waals surface area contributed by atoms with E-state index in [0.29, 0.717) is 5.56 Å². The number of nitrogens with zero attached hydrogens (tertiary/aromatic N) is 2. The van der Waals surface area contributed by atoms with Crippen LogP contribution in [0.25, 0.3) is 0 Å². The number of halogens is 3. The molecule has 0 radical (unpaired) electrons. The van der Waals surface area contributed by atoms with Gasteiger partial charge >= 0.3 is 12.1 Å². The van der Waals surface area contributed by atoms with Gasteiger partial charge in [-0.15, -0.1) is 0 Å². The molecule has 2 amide bonds. The molecule has 1 aliphatic heterocycles. The minimum absolute atomic E-state index is 0.102. The molecular formula is C15H17F3N2O2. The van der Waals surface area contributed by atoms with Crippen LogP contribution in [-0.4, -0.2) is 54.0 Å². The number of aryl methyl sites for hydroxylation is 2. The van der Waals surface area contributed by atoms with Gasteiger partial charge in [-0.1, -0.05) is 6.07 Å². The summed E-state index contributed by atoms with van der Waals surface area (Å²) in [5, 5.41) is 0. The number of hydrogen-bond acceptors (Lipinski definition) is 2. The molecular weight excluding hydrogens is 297 g/mol. The van der Waals surface area contributed by atoms with Crippen molar-refractivity contribution in [3.05, 3.63) is 34.9 Å². The van der Waals surface area contributed by atoms with E-state index >= 15 is 0 Å². The van der Waals surface area contributed by atoms with Crippen molar-refractivity contribution in [2.45, 2.75) is 20.0 Å². The zero-order valence-electron chi connectivity index (χ0n) is 12.4. The zero-order valence-corrected chi connectivity index (χ0v) is 12.4. The molecule has 1 aliphatic rings. The third kappa shape index (κ3) is 3.40. The topological polar surface area (TPSA) is 40.6 Å². The molecule has 1 aromatic rings. The van der Waals surface area contributed by atoms with Crippen molar-refractivity contribution in [1.29, 1.82) is 0 Å². The standard InChI is InChI=1S/C15H17F3N2O2/c1-10-3-4-12(9-11(10)2)13(21)19-5-7-20(8-6-19)14(22)15(16,17)18/h3-4,9H,5-8H2,1-2H3. The molecule has 4 nitrogen and oxygen atoms in total. The van der Waals surface area contributed by atoms with Gasteiger partial charge in [0.1, 0.15) is 0 Å². The molecule has 0 unspecified atom stereocenters. The average molecular weight is 314 g/mol. The van der Waals surface area contributed by atoms with E-state index in [9.17, 15) is 22.8 Å². The van der Waals surface area contributed by atoms with Gasteiger partial charge < -0.3 is 9.80 Å². The van der Waals surface area contributed by atoms with Crippen LogP contribution in [0.2, 0.25) is 0 Å². The number of hydrogen-bond donors (Lipinski definition) is 0. The normalized spacial score (nSPS) is 15.9. The fourth-order valence-electron chi connectivity index (χ4n) is 2.35. The lowest BCUT2D eigenvalue weighted by Gasteiger charge is -2.35. The van der Waals surface area contributed by atoms with Crippen LogP contribution >= 0.6 is 0 Å². The molecule has 1 saturated heterocycles. The first kappa shape index (κ1) is 16.3. The Morgan fingerprint density at radius 2 is 1.50 bits per heavy atom. The molecule has 7 heteroatoms. The average Bonchev–Trinajstić information content (AvgIpc) is 2.48. The Bertz CT molecular complexity index is 591. The van der Waals surface area contributed by atoms with Gasteiger partial charge in [0.15, 0.2) is 0 Å². The smallest absolute Gasteiger partial charge is 0.335 e. The lowest BCUT2D eigenvalue weighted by Crippen LogP contribution is -2.53. The Balaban J connectivity index is 2.01. The summed E-state index contributed by atoms with van der Waals surface area (Å²) in [6.45, 7) is 3.84. The minimum atomic E-state index is -4.86. The van der Waals surface area contributed by atoms with Crippen molar-refractivity contribution in [1.82, 2.24) is 9.80 Å². The lowest BCUT2D eigenvalue weighted by molar-refractivity contribution is -0.186. The molecule has 1 aromatic carbocycles. The molecule has 22 heavy (non-hydrogen) atoms. The van der Waals surface area contributed by atoms with Gasteiger partial charge in [-0.05, 0) is 37.1 Å². The Labute approximate surface area is 126 Å². The van der Waals surface area contributed by atoms with E-state index < -0.39 is 12.1 Å². The van der Waals surface area contributed by atoms with Crippen molar-refractivity contribution >= 4 is 11.8 Å². The lowest BCUT2D eigenvalue weighted by atomic mass is 10.1. The predicted octanol–water partition coefficient (Wildman–Crippen LogP) is 2.15. The summed E-state index contributed by atoms with van der Waals surface area (Å²) in [5.41, 5.74) is 2.56. The van der Waals surface area contributed by atoms with Crippen LogP contribution in [0.15, 0.2) is 18.2 Å². The minimum Gasteiger partial charge on any atom is -0.335 e. The van der Waals surface area contributed by atoms with Crippen LogP contribution < -0.4 is 0 Å². The van der Waals surface area contributed by atoms with E-state index in [1.807, 2.05) is 19.9 Å². The molecule has 1 fully saturated rings. The van der Waals surface area contributed by atoms with Crippen LogP contribution in [0.5, 0.6) is 0 Å². The maximum absolute atomic E-state index is 12.4. The van der Waals surface area contributed by atoms with E-state index in [-0.39, 0.29) is 32.1 Å². The predicted molar refractivity (Wildman–Crippen MR) is 74.5 cm³/mol. The molecule has 0 atom stereocenters. The van der Waals surface area contributed by atoms with Crippen molar-refractivity contribution in [3.8, 4) is 0 Å². The number of alkyl halides is 3. The number of carbonyl (C=O) groups is 2. The van der Waals surface area contributed by atoms with Gasteiger partial charge in [-0.25, -0.2) is 0 Å². The largest absolute Gasteiger partial charge is 0.471 e. The summed E-state index contributed by atoms with van der Waals surface area (Å²) >= 11 is 0. The van der Waals surface area contributed by atoms with Crippen LogP contribution in [0.3, 0.4) is 0 Å². The van der Waals surface area contributed by atoms with Gasteiger partial charge in [-0.2, -0.15) is 13.2 Å². The highest BCUT2D eigenvalue weighted by atomic mass is 19.4. The van der Waals surface area contributed by atoms with Crippen LogP contribution in [0, 0.1) is 13.8 Å². The first-order chi connectivity index (χ1) is 10.2. The summed E-state index contributed by atoms with van der Waals surface area (Å²) in [5.74, 6) is -2.06. The SMILES string of the molecule is Cc1ccc(C(=O)N2CCN(C(=O)C(F)(F)F)CC2)cc1C. The van der Waals surface area contributed by atoms with Gasteiger partial charge in [0, 0.05) is 31.7 Å². The monoisotopic (exact) mass is 314 g/mol. The van der Waals surface area contributed by atoms with Gasteiger partial charge in [0.25, 0.3) is 5.91 Å². The number of rotatable bonds is 1. The molecule has 0 bridgehead atoms. The summed E-state index contributed by atoms with van der Waals surface area (Å²) in [4.78, 5) is 25.7. The quantitative estimate of drug-likeness (QED) is 0.797. The van der Waals surface area contributed by atoms with Crippen molar-refractivity contribution in [3.63, 3.8) is 0 Å². The second-order valence-corrected chi connectivity index (χ2v) is 5.38. The van der Waals surface area contributed by atoms with Crippen LogP contribution in [-0.2, 0) is 4.79 Å². The van der Waals surface area contributed by atoms with Crippen molar-refractivity contribution in [2.24, 2.45) is 0 Å². The fourth-order valence-corrected chi connectivity index (χ4v) is 2.35. The summed E-state index contributed by atoms with van der Waals surface area (Å²) in [6, 6.07) is 5.31. The van der Waals surface area contributed by atoms with Gasteiger partial charge in [0.2, 0.25) is 0 Å². The zero-order chi connectivity index (χ0) is 16.5. The Morgan fingerprint density at radius 1 is 0.955 bits per heavy atom. The molecule has 1 heterocycles. The highest BCUT2D eigenvalue weighted by Gasteiger charge is 2.43. The van der Waals surface area contributed by atoms with Crippen molar-refractivity contribution in [2.75, 3.05) is 26.2 Å². The fraction of sp³-hybridized carbons (Fsp3) is 0.467. The first-order valence-electron chi connectivity index (χ1n) is 6.93. The molecule has 0 saturated carbocycles.